The van der Waals surface area contributed by atoms with Crippen molar-refractivity contribution >= 4 is 32.6 Å². The van der Waals surface area contributed by atoms with Gasteiger partial charge in [0.15, 0.2) is 10.9 Å². The molecule has 29 heavy (non-hydrogen) atoms. The van der Waals surface area contributed by atoms with E-state index in [1.165, 1.54) is 11.0 Å². The van der Waals surface area contributed by atoms with E-state index in [0.29, 0.717) is 22.6 Å². The molecule has 4 aromatic rings. The number of halogens is 2. The molecule has 3 heterocycles. The maximum absolute atomic E-state index is 14.2. The SMILES string of the molecule is CCn1nc(C)cc1C(=O)N(Cc1cccnc1)c1nc2c(F)cc(F)cc2s1. The summed E-state index contributed by atoms with van der Waals surface area (Å²) in [5, 5.41) is 4.61. The standard InChI is InChI=1S/C20H17F2N5OS/c1-3-27-16(7-12(2)25-27)19(28)26(11-13-5-4-6-23-10-13)20-24-18-15(22)8-14(21)9-17(18)29-20/h4-10H,3,11H2,1-2H3. The Balaban J connectivity index is 1.82. The van der Waals surface area contributed by atoms with E-state index in [1.807, 2.05) is 19.9 Å². The van der Waals surface area contributed by atoms with Crippen LogP contribution in [0.2, 0.25) is 0 Å². The minimum atomic E-state index is -0.759. The number of pyridine rings is 1. The lowest BCUT2D eigenvalue weighted by atomic mass is 10.2. The van der Waals surface area contributed by atoms with E-state index in [0.717, 1.165) is 23.0 Å². The number of rotatable bonds is 5. The van der Waals surface area contributed by atoms with E-state index in [9.17, 15) is 13.6 Å². The highest BCUT2D eigenvalue weighted by Gasteiger charge is 2.26. The van der Waals surface area contributed by atoms with Gasteiger partial charge in [0.1, 0.15) is 17.0 Å². The number of fused-ring (bicyclic) bond motifs is 1. The Labute approximate surface area is 169 Å². The average molecular weight is 413 g/mol. The summed E-state index contributed by atoms with van der Waals surface area (Å²) in [6.45, 7) is 4.41. The molecule has 148 valence electrons. The summed E-state index contributed by atoms with van der Waals surface area (Å²) >= 11 is 1.06. The van der Waals surface area contributed by atoms with Gasteiger partial charge in [0, 0.05) is 25.0 Å². The molecule has 0 radical (unpaired) electrons. The predicted molar refractivity (Wildman–Crippen MR) is 107 cm³/mol. The molecule has 0 aliphatic heterocycles. The van der Waals surface area contributed by atoms with Gasteiger partial charge in [-0.1, -0.05) is 17.4 Å². The summed E-state index contributed by atoms with van der Waals surface area (Å²) < 4.78 is 29.7. The van der Waals surface area contributed by atoms with Gasteiger partial charge in [0.05, 0.1) is 16.9 Å². The summed E-state index contributed by atoms with van der Waals surface area (Å²) in [6.07, 6.45) is 3.29. The van der Waals surface area contributed by atoms with Gasteiger partial charge >= 0.3 is 0 Å². The summed E-state index contributed by atoms with van der Waals surface area (Å²) in [4.78, 5) is 23.2. The van der Waals surface area contributed by atoms with E-state index in [2.05, 4.69) is 15.1 Å². The van der Waals surface area contributed by atoms with Crippen molar-refractivity contribution in [1.82, 2.24) is 19.7 Å². The zero-order valence-electron chi connectivity index (χ0n) is 15.8. The van der Waals surface area contributed by atoms with Gasteiger partial charge in [-0.25, -0.2) is 13.8 Å². The number of thiazole rings is 1. The molecule has 0 aliphatic rings. The minimum Gasteiger partial charge on any atom is -0.278 e. The number of aromatic nitrogens is 4. The highest BCUT2D eigenvalue weighted by molar-refractivity contribution is 7.22. The summed E-state index contributed by atoms with van der Waals surface area (Å²) in [6, 6.07) is 7.31. The van der Waals surface area contributed by atoms with Crippen LogP contribution >= 0.6 is 11.3 Å². The number of benzene rings is 1. The maximum Gasteiger partial charge on any atom is 0.278 e. The zero-order chi connectivity index (χ0) is 20.5. The summed E-state index contributed by atoms with van der Waals surface area (Å²) in [7, 11) is 0. The van der Waals surface area contributed by atoms with Crippen LogP contribution in [0.5, 0.6) is 0 Å². The first-order valence-electron chi connectivity index (χ1n) is 8.97. The number of carbonyl (C=O) groups is 1. The molecule has 0 N–H and O–H groups in total. The first-order chi connectivity index (χ1) is 14.0. The number of aryl methyl sites for hydroxylation is 2. The smallest absolute Gasteiger partial charge is 0.278 e. The Bertz CT molecular complexity index is 1190. The number of hydrogen-bond acceptors (Lipinski definition) is 5. The van der Waals surface area contributed by atoms with Crippen LogP contribution in [0.4, 0.5) is 13.9 Å². The van der Waals surface area contributed by atoms with Crippen LogP contribution in [0.1, 0.15) is 28.7 Å². The fraction of sp³-hybridized carbons (Fsp3) is 0.200. The largest absolute Gasteiger partial charge is 0.278 e. The lowest BCUT2D eigenvalue weighted by Crippen LogP contribution is -2.32. The van der Waals surface area contributed by atoms with Crippen molar-refractivity contribution in [1.29, 1.82) is 0 Å². The quantitative estimate of drug-likeness (QED) is 0.488. The normalized spacial score (nSPS) is 11.2. The van der Waals surface area contributed by atoms with Crippen molar-refractivity contribution in [2.75, 3.05) is 4.90 Å². The second kappa shape index (κ2) is 7.67. The molecular formula is C20H17F2N5OS. The van der Waals surface area contributed by atoms with Crippen LogP contribution in [0.25, 0.3) is 10.2 Å². The van der Waals surface area contributed by atoms with Crippen molar-refractivity contribution in [2.45, 2.75) is 26.9 Å². The molecule has 0 bridgehead atoms. The highest BCUT2D eigenvalue weighted by Crippen LogP contribution is 2.32. The van der Waals surface area contributed by atoms with E-state index in [1.54, 1.807) is 29.2 Å². The Kier molecular flexibility index (Phi) is 5.06. The molecule has 0 spiro atoms. The van der Waals surface area contributed by atoms with Crippen molar-refractivity contribution in [2.24, 2.45) is 0 Å². The zero-order valence-corrected chi connectivity index (χ0v) is 16.6. The van der Waals surface area contributed by atoms with Crippen LogP contribution in [-0.4, -0.2) is 25.7 Å². The van der Waals surface area contributed by atoms with Crippen molar-refractivity contribution in [3.05, 3.63) is 71.3 Å². The third-order valence-corrected chi connectivity index (χ3v) is 5.39. The maximum atomic E-state index is 14.2. The molecule has 0 fully saturated rings. The Hall–Kier alpha value is -3.20. The second-order valence-electron chi connectivity index (χ2n) is 6.47. The number of carbonyl (C=O) groups excluding carboxylic acids is 1. The van der Waals surface area contributed by atoms with Gasteiger partial charge < -0.3 is 0 Å². The molecule has 1 aromatic carbocycles. The molecule has 0 unspecified atom stereocenters. The predicted octanol–water partition coefficient (Wildman–Crippen LogP) is 4.34. The first kappa shape index (κ1) is 19.1. The van der Waals surface area contributed by atoms with Crippen molar-refractivity contribution in [3.63, 3.8) is 0 Å². The minimum absolute atomic E-state index is 0.0376. The van der Waals surface area contributed by atoms with Gasteiger partial charge in [0.25, 0.3) is 5.91 Å². The third kappa shape index (κ3) is 3.73. The van der Waals surface area contributed by atoms with Crippen LogP contribution in [-0.2, 0) is 13.1 Å². The fourth-order valence-electron chi connectivity index (χ4n) is 3.06. The van der Waals surface area contributed by atoms with E-state index < -0.39 is 11.6 Å². The van der Waals surface area contributed by atoms with Crippen molar-refractivity contribution < 1.29 is 13.6 Å². The van der Waals surface area contributed by atoms with Gasteiger partial charge in [-0.2, -0.15) is 5.10 Å². The summed E-state index contributed by atoms with van der Waals surface area (Å²) in [5.41, 5.74) is 1.94. The number of anilines is 1. The highest BCUT2D eigenvalue weighted by atomic mass is 32.1. The molecule has 0 saturated carbocycles. The molecule has 9 heteroatoms. The van der Waals surface area contributed by atoms with Gasteiger partial charge in [-0.15, -0.1) is 0 Å². The Morgan fingerprint density at radius 2 is 2.10 bits per heavy atom. The van der Waals surface area contributed by atoms with Crippen LogP contribution < -0.4 is 4.90 Å². The number of amides is 1. The lowest BCUT2D eigenvalue weighted by Gasteiger charge is -2.20. The third-order valence-electron chi connectivity index (χ3n) is 4.36. The van der Waals surface area contributed by atoms with Gasteiger partial charge in [-0.05, 0) is 37.6 Å². The molecule has 3 aromatic heterocycles. The monoisotopic (exact) mass is 413 g/mol. The van der Waals surface area contributed by atoms with E-state index >= 15 is 0 Å². The molecule has 1 amide bonds. The number of nitrogens with zero attached hydrogens (tertiary/aromatic N) is 5. The lowest BCUT2D eigenvalue weighted by molar-refractivity contribution is 0.0975. The van der Waals surface area contributed by atoms with Gasteiger partial charge in [0.2, 0.25) is 0 Å². The first-order valence-corrected chi connectivity index (χ1v) is 9.78. The average Bonchev–Trinajstić information content (AvgIpc) is 3.29. The van der Waals surface area contributed by atoms with Crippen molar-refractivity contribution in [3.8, 4) is 0 Å². The van der Waals surface area contributed by atoms with Gasteiger partial charge in [-0.3, -0.25) is 19.4 Å². The van der Waals surface area contributed by atoms with Crippen LogP contribution in [0.15, 0.2) is 42.7 Å². The molecular weight excluding hydrogens is 396 g/mol. The fourth-order valence-corrected chi connectivity index (χ4v) is 4.06. The summed E-state index contributed by atoms with van der Waals surface area (Å²) in [5.74, 6) is -1.77. The molecule has 4 rings (SSSR count). The number of hydrogen-bond donors (Lipinski definition) is 0. The van der Waals surface area contributed by atoms with E-state index in [4.69, 9.17) is 0 Å². The Morgan fingerprint density at radius 3 is 2.83 bits per heavy atom. The molecule has 0 atom stereocenters. The molecule has 0 saturated heterocycles. The van der Waals surface area contributed by atoms with E-state index in [-0.39, 0.29) is 23.1 Å². The van der Waals surface area contributed by atoms with Crippen LogP contribution in [0, 0.1) is 18.6 Å². The van der Waals surface area contributed by atoms with Crippen LogP contribution in [0.3, 0.4) is 0 Å². The Morgan fingerprint density at radius 1 is 1.28 bits per heavy atom. The molecule has 6 nitrogen and oxygen atoms in total. The topological polar surface area (TPSA) is 63.9 Å². The second-order valence-corrected chi connectivity index (χ2v) is 7.48. The molecule has 0 aliphatic carbocycles.